The summed E-state index contributed by atoms with van der Waals surface area (Å²) in [5.74, 6) is 1.97. The van der Waals surface area contributed by atoms with Crippen molar-refractivity contribution >= 4 is 47.5 Å². The summed E-state index contributed by atoms with van der Waals surface area (Å²) in [5, 5.41) is 1.19. The predicted molar refractivity (Wildman–Crippen MR) is 117 cm³/mol. The second-order valence-electron chi connectivity index (χ2n) is 9.19. The van der Waals surface area contributed by atoms with Gasteiger partial charge < -0.3 is 14.2 Å². The van der Waals surface area contributed by atoms with Crippen molar-refractivity contribution in [3.05, 3.63) is 16.1 Å². The molecule has 7 heteroatoms. The van der Waals surface area contributed by atoms with Crippen molar-refractivity contribution in [2.45, 2.75) is 52.2 Å². The van der Waals surface area contributed by atoms with E-state index in [1.807, 2.05) is 0 Å². The number of rotatable bonds is 7. The van der Waals surface area contributed by atoms with Crippen molar-refractivity contribution in [3.63, 3.8) is 0 Å². The van der Waals surface area contributed by atoms with E-state index < -0.39 is 8.07 Å². The molecule has 1 aliphatic heterocycles. The van der Waals surface area contributed by atoms with Crippen LogP contribution in [-0.2, 0) is 11.5 Å². The zero-order valence-corrected chi connectivity index (χ0v) is 19.4. The molecule has 1 saturated carbocycles. The van der Waals surface area contributed by atoms with E-state index in [1.165, 1.54) is 27.8 Å². The minimum absolute atomic E-state index is 0.561. The molecule has 26 heavy (non-hydrogen) atoms. The summed E-state index contributed by atoms with van der Waals surface area (Å²) >= 11 is 2.42. The highest BCUT2D eigenvalue weighted by Gasteiger charge is 2.58. The first-order chi connectivity index (χ1) is 12.3. The van der Waals surface area contributed by atoms with Gasteiger partial charge in [0.2, 0.25) is 0 Å². The van der Waals surface area contributed by atoms with Gasteiger partial charge >= 0.3 is 0 Å². The SMILES string of the molecule is CCC12CC1CN(c1ncnc3c1c(I)cn3COCC[Si](C)(C)C)C2. The minimum atomic E-state index is -1.05. The van der Waals surface area contributed by atoms with Crippen LogP contribution in [0.2, 0.25) is 25.7 Å². The number of ether oxygens (including phenoxy) is 1. The third-order valence-corrected chi connectivity index (χ3v) is 8.65. The molecule has 0 radical (unpaired) electrons. The van der Waals surface area contributed by atoms with Crippen molar-refractivity contribution < 1.29 is 4.74 Å². The first kappa shape index (κ1) is 18.7. The molecule has 0 bridgehead atoms. The van der Waals surface area contributed by atoms with Gasteiger partial charge in [-0.15, -0.1) is 0 Å². The zero-order valence-electron chi connectivity index (χ0n) is 16.3. The molecule has 1 aliphatic carbocycles. The molecule has 2 unspecified atom stereocenters. The lowest BCUT2D eigenvalue weighted by atomic mass is 10.0. The average molecular weight is 484 g/mol. The number of aromatic nitrogens is 3. The molecule has 2 fully saturated rings. The number of nitrogens with zero attached hydrogens (tertiary/aromatic N) is 4. The summed E-state index contributed by atoms with van der Waals surface area (Å²) in [6.45, 7) is 13.2. The molecule has 142 valence electrons. The number of hydrogen-bond acceptors (Lipinski definition) is 4. The van der Waals surface area contributed by atoms with Crippen LogP contribution in [0.15, 0.2) is 12.5 Å². The van der Waals surface area contributed by atoms with Gasteiger partial charge in [0.25, 0.3) is 0 Å². The first-order valence-corrected chi connectivity index (χ1v) is 14.4. The van der Waals surface area contributed by atoms with Gasteiger partial charge in [0, 0.05) is 37.5 Å². The maximum atomic E-state index is 5.96. The third kappa shape index (κ3) is 3.42. The van der Waals surface area contributed by atoms with Crippen LogP contribution in [-0.4, -0.2) is 42.3 Å². The van der Waals surface area contributed by atoms with E-state index in [4.69, 9.17) is 4.74 Å². The van der Waals surface area contributed by atoms with Crippen molar-refractivity contribution in [3.8, 4) is 0 Å². The quantitative estimate of drug-likeness (QED) is 0.328. The minimum Gasteiger partial charge on any atom is -0.361 e. The fourth-order valence-electron chi connectivity index (χ4n) is 4.24. The van der Waals surface area contributed by atoms with E-state index in [2.05, 4.69) is 74.8 Å². The van der Waals surface area contributed by atoms with Gasteiger partial charge in [-0.05, 0) is 52.8 Å². The van der Waals surface area contributed by atoms with Crippen LogP contribution in [0.5, 0.6) is 0 Å². The van der Waals surface area contributed by atoms with Crippen LogP contribution in [0.3, 0.4) is 0 Å². The maximum Gasteiger partial charge on any atom is 0.148 e. The number of hydrogen-bond donors (Lipinski definition) is 0. The predicted octanol–water partition coefficient (Wildman–Crippen LogP) is 4.58. The lowest BCUT2D eigenvalue weighted by molar-refractivity contribution is 0.0898. The lowest BCUT2D eigenvalue weighted by Crippen LogP contribution is -2.25. The Balaban J connectivity index is 1.53. The molecule has 4 rings (SSSR count). The topological polar surface area (TPSA) is 43.2 Å². The van der Waals surface area contributed by atoms with E-state index in [-0.39, 0.29) is 0 Å². The fraction of sp³-hybridized carbons (Fsp3) is 0.684. The van der Waals surface area contributed by atoms with Crippen molar-refractivity contribution in [1.29, 1.82) is 0 Å². The summed E-state index contributed by atoms with van der Waals surface area (Å²) in [6, 6.07) is 1.19. The van der Waals surface area contributed by atoms with Gasteiger partial charge in [-0.25, -0.2) is 9.97 Å². The largest absolute Gasteiger partial charge is 0.361 e. The van der Waals surface area contributed by atoms with E-state index in [0.717, 1.165) is 37.1 Å². The van der Waals surface area contributed by atoms with Crippen molar-refractivity contribution in [2.75, 3.05) is 24.6 Å². The van der Waals surface area contributed by atoms with Gasteiger partial charge in [-0.2, -0.15) is 0 Å². The molecule has 1 saturated heterocycles. The molecule has 0 aromatic carbocycles. The van der Waals surface area contributed by atoms with Gasteiger partial charge in [-0.1, -0.05) is 26.6 Å². The number of fused-ring (bicyclic) bond motifs is 2. The Kier molecular flexibility index (Phi) is 4.84. The second-order valence-corrected chi connectivity index (χ2v) is 16.0. The molecule has 5 nitrogen and oxygen atoms in total. The van der Waals surface area contributed by atoms with Crippen LogP contribution in [0, 0.1) is 14.9 Å². The Labute approximate surface area is 170 Å². The first-order valence-electron chi connectivity index (χ1n) is 9.65. The number of anilines is 1. The van der Waals surface area contributed by atoms with Crippen molar-refractivity contribution in [1.82, 2.24) is 14.5 Å². The second kappa shape index (κ2) is 6.74. The summed E-state index contributed by atoms with van der Waals surface area (Å²) in [5.41, 5.74) is 1.56. The van der Waals surface area contributed by atoms with E-state index in [1.54, 1.807) is 6.33 Å². The van der Waals surface area contributed by atoms with Crippen LogP contribution < -0.4 is 4.90 Å². The monoisotopic (exact) mass is 484 g/mol. The van der Waals surface area contributed by atoms with Gasteiger partial charge in [0.1, 0.15) is 24.5 Å². The summed E-state index contributed by atoms with van der Waals surface area (Å²) in [7, 11) is -1.05. The Hall–Kier alpha value is -0.673. The molecular weight excluding hydrogens is 455 g/mol. The smallest absolute Gasteiger partial charge is 0.148 e. The van der Waals surface area contributed by atoms with Crippen LogP contribution in [0.4, 0.5) is 5.82 Å². The highest BCUT2D eigenvalue weighted by atomic mass is 127. The standard InChI is InChI=1S/C19H29IN4OSi/c1-5-19-8-14(19)9-23(11-19)17-16-15(20)10-24(18(16)22-12-21-17)13-25-6-7-26(2,3)4/h10,12,14H,5-9,11,13H2,1-4H3. The Morgan fingerprint density at radius 3 is 2.85 bits per heavy atom. The van der Waals surface area contributed by atoms with E-state index in [9.17, 15) is 0 Å². The highest BCUT2D eigenvalue weighted by molar-refractivity contribution is 14.1. The normalized spacial score (nSPS) is 25.1. The molecule has 0 N–H and O–H groups in total. The number of halogens is 1. The van der Waals surface area contributed by atoms with Crippen LogP contribution in [0.1, 0.15) is 19.8 Å². The number of piperidine rings is 1. The molecule has 2 aliphatic rings. The molecule has 2 aromatic rings. The van der Waals surface area contributed by atoms with Gasteiger partial charge in [0.15, 0.2) is 0 Å². The van der Waals surface area contributed by atoms with E-state index >= 15 is 0 Å². The molecule has 2 atom stereocenters. The average Bonchev–Trinajstić information content (AvgIpc) is 2.99. The van der Waals surface area contributed by atoms with E-state index in [0.29, 0.717) is 12.1 Å². The summed E-state index contributed by atoms with van der Waals surface area (Å²) < 4.78 is 9.31. The van der Waals surface area contributed by atoms with Gasteiger partial charge in [-0.3, -0.25) is 0 Å². The summed E-state index contributed by atoms with van der Waals surface area (Å²) in [6.07, 6.45) is 6.56. The van der Waals surface area contributed by atoms with Crippen LogP contribution >= 0.6 is 22.6 Å². The molecule has 3 heterocycles. The summed E-state index contributed by atoms with van der Waals surface area (Å²) in [4.78, 5) is 11.7. The fourth-order valence-corrected chi connectivity index (χ4v) is 5.82. The Bertz CT molecular complexity index is 814. The zero-order chi connectivity index (χ0) is 18.5. The van der Waals surface area contributed by atoms with Crippen LogP contribution in [0.25, 0.3) is 11.0 Å². The Morgan fingerprint density at radius 1 is 1.35 bits per heavy atom. The lowest BCUT2D eigenvalue weighted by Gasteiger charge is -2.22. The molecular formula is C19H29IN4OSi. The van der Waals surface area contributed by atoms with Gasteiger partial charge in [0.05, 0.1) is 5.39 Å². The Morgan fingerprint density at radius 2 is 2.15 bits per heavy atom. The molecule has 2 aromatic heterocycles. The highest BCUT2D eigenvalue weighted by Crippen LogP contribution is 2.60. The maximum absolute atomic E-state index is 5.96. The molecule has 0 spiro atoms. The van der Waals surface area contributed by atoms with Crippen molar-refractivity contribution in [2.24, 2.45) is 11.3 Å². The molecule has 0 amide bonds. The third-order valence-electron chi connectivity index (χ3n) is 6.12.